The minimum absolute atomic E-state index is 0.0663. The Morgan fingerprint density at radius 2 is 1.13 bits per heavy atom. The average molecular weight is 598 g/mol. The summed E-state index contributed by atoms with van der Waals surface area (Å²) >= 11 is 0. The maximum absolute atomic E-state index is 14.0. The molecule has 0 bridgehead atoms. The summed E-state index contributed by atoms with van der Waals surface area (Å²) in [6.07, 6.45) is 0. The Balaban J connectivity index is 2.32. The van der Waals surface area contributed by atoms with Crippen LogP contribution in [0.1, 0.15) is 37.4 Å². The zero-order valence-corrected chi connectivity index (χ0v) is 22.3. The fraction of sp³-hybridized carbons (Fsp3) is 0.0909. The van der Waals surface area contributed by atoms with Gasteiger partial charge in [0.1, 0.15) is 14.7 Å². The van der Waals surface area contributed by atoms with E-state index in [1.807, 2.05) is 0 Å². The smallest absolute Gasteiger partial charge is 0.298 e. The van der Waals surface area contributed by atoms with Crippen molar-refractivity contribution in [1.82, 2.24) is 0 Å². The fourth-order valence-electron chi connectivity index (χ4n) is 4.58. The average Bonchev–Trinajstić information content (AvgIpc) is 2.79. The van der Waals surface area contributed by atoms with Crippen molar-refractivity contribution in [3.8, 4) is 11.1 Å². The Morgan fingerprint density at radius 3 is 1.54 bits per heavy atom. The van der Waals surface area contributed by atoms with Crippen molar-refractivity contribution in [1.29, 1.82) is 0 Å². The zero-order chi connectivity index (χ0) is 29.4. The highest BCUT2D eigenvalue weighted by molar-refractivity contribution is 7.86. The van der Waals surface area contributed by atoms with Gasteiger partial charge >= 0.3 is 0 Å². The molecular weight excluding hydrogens is 578 g/mol. The summed E-state index contributed by atoms with van der Waals surface area (Å²) in [5.74, 6) is -2.88. The van der Waals surface area contributed by atoms with Crippen LogP contribution in [0.25, 0.3) is 11.1 Å². The minimum Gasteiger partial charge on any atom is -0.397 e. The number of nitrogens with two attached hydrogens (primary N) is 2. The highest BCUT2D eigenvalue weighted by Crippen LogP contribution is 2.48. The van der Waals surface area contributed by atoms with Crippen LogP contribution in [0.3, 0.4) is 0 Å². The number of nitrogen functional groups attached to an aromatic ring is 2. The van der Waals surface area contributed by atoms with Gasteiger partial charge in [-0.15, -0.1) is 0 Å². The van der Waals surface area contributed by atoms with Gasteiger partial charge in [-0.2, -0.15) is 25.3 Å². The molecule has 0 unspecified atom stereocenters. The van der Waals surface area contributed by atoms with Gasteiger partial charge in [-0.1, -0.05) is 6.07 Å². The fourth-order valence-corrected chi connectivity index (χ4v) is 6.73. The van der Waals surface area contributed by atoms with Crippen molar-refractivity contribution in [2.24, 2.45) is 0 Å². The Morgan fingerprint density at radius 1 is 0.667 bits per heavy atom. The lowest BCUT2D eigenvalue weighted by atomic mass is 9.78. The number of anilines is 3. The number of hydrogen-bond acceptors (Lipinski definition) is 11. The summed E-state index contributed by atoms with van der Waals surface area (Å²) in [6.45, 7) is 1.54. The standard InChI is InChI=1S/C22H19N3O11S3/c1-8-7-9(25-2)3-4-10(8)13-16-17(19(24)22(18(13)23)39(34,35)36)21(27)15-12(38(31,32)33)6-5-11(37(28,29)30)14(15)20(16)26/h3-7,25H,23-24H2,1-2H3,(H,28,29,30)(H,31,32,33)(H,34,35,36). The number of hydrogen-bond donors (Lipinski definition) is 6. The van der Waals surface area contributed by atoms with Crippen molar-refractivity contribution < 1.29 is 48.5 Å². The molecular formula is C22H19N3O11S3. The number of fused-ring (bicyclic) bond motifs is 2. The Bertz CT molecular complexity index is 1980. The molecule has 0 atom stereocenters. The van der Waals surface area contributed by atoms with E-state index < -0.39 is 95.8 Å². The maximum atomic E-state index is 14.0. The highest BCUT2D eigenvalue weighted by Gasteiger charge is 2.44. The SMILES string of the molecule is CNc1ccc(-c2c(N)c(S(=O)(=O)O)c(N)c3c2C(=O)c2c(S(=O)(=O)O)ccc(S(=O)(=O)O)c2C3=O)c(C)c1. The largest absolute Gasteiger partial charge is 0.397 e. The molecule has 4 rings (SSSR count). The third-order valence-electron chi connectivity index (χ3n) is 6.16. The summed E-state index contributed by atoms with van der Waals surface area (Å²) in [7, 11) is -14.2. The molecule has 0 saturated carbocycles. The molecule has 0 fully saturated rings. The van der Waals surface area contributed by atoms with Crippen LogP contribution in [0.2, 0.25) is 0 Å². The van der Waals surface area contributed by atoms with E-state index in [1.54, 1.807) is 13.1 Å². The van der Waals surface area contributed by atoms with Gasteiger partial charge in [0.2, 0.25) is 0 Å². The van der Waals surface area contributed by atoms with Crippen molar-refractivity contribution >= 4 is 59.0 Å². The molecule has 14 nitrogen and oxygen atoms in total. The lowest BCUT2D eigenvalue weighted by Crippen LogP contribution is -2.29. The molecule has 1 aliphatic rings. The van der Waals surface area contributed by atoms with Crippen molar-refractivity contribution in [3.05, 3.63) is 58.1 Å². The van der Waals surface area contributed by atoms with Gasteiger partial charge in [0.05, 0.1) is 28.1 Å². The van der Waals surface area contributed by atoms with Gasteiger partial charge in [0, 0.05) is 23.9 Å². The van der Waals surface area contributed by atoms with Crippen LogP contribution < -0.4 is 16.8 Å². The molecule has 0 aliphatic heterocycles. The van der Waals surface area contributed by atoms with Gasteiger partial charge in [0.15, 0.2) is 11.6 Å². The Labute approximate surface area is 221 Å². The molecule has 17 heteroatoms. The van der Waals surface area contributed by atoms with E-state index in [4.69, 9.17) is 11.5 Å². The van der Waals surface area contributed by atoms with Crippen LogP contribution in [0.5, 0.6) is 0 Å². The normalized spacial score (nSPS) is 13.7. The molecule has 0 heterocycles. The van der Waals surface area contributed by atoms with Crippen LogP contribution in [-0.4, -0.2) is 57.5 Å². The monoisotopic (exact) mass is 597 g/mol. The first-order chi connectivity index (χ1) is 17.8. The summed E-state index contributed by atoms with van der Waals surface area (Å²) in [6, 6.07) is 5.42. The molecule has 1 aliphatic carbocycles. The summed E-state index contributed by atoms with van der Waals surface area (Å²) in [5, 5.41) is 2.86. The molecule has 3 aromatic rings. The number of aryl methyl sites for hydroxylation is 1. The van der Waals surface area contributed by atoms with Gasteiger partial charge in [-0.3, -0.25) is 23.2 Å². The van der Waals surface area contributed by atoms with Crippen molar-refractivity contribution in [2.45, 2.75) is 21.6 Å². The first kappa shape index (κ1) is 28.1. The molecule has 0 saturated heterocycles. The third-order valence-corrected chi connectivity index (χ3v) is 8.91. The molecule has 8 N–H and O–H groups in total. The van der Waals surface area contributed by atoms with E-state index in [0.717, 1.165) is 0 Å². The lowest BCUT2D eigenvalue weighted by molar-refractivity contribution is 0.0975. The van der Waals surface area contributed by atoms with Crippen LogP contribution in [0.15, 0.2) is 45.0 Å². The molecule has 0 aromatic heterocycles. The quantitative estimate of drug-likeness (QED) is 0.140. The van der Waals surface area contributed by atoms with E-state index in [2.05, 4.69) is 5.32 Å². The molecule has 3 aromatic carbocycles. The number of ketones is 2. The third kappa shape index (κ3) is 4.34. The number of nitrogens with one attached hydrogen (secondary N) is 1. The van der Waals surface area contributed by atoms with E-state index in [0.29, 0.717) is 23.4 Å². The van der Waals surface area contributed by atoms with Crippen molar-refractivity contribution in [3.63, 3.8) is 0 Å². The number of carbonyl (C=O) groups excluding carboxylic acids is 2. The molecule has 206 valence electrons. The Kier molecular flexibility index (Phi) is 6.37. The molecule has 0 spiro atoms. The lowest BCUT2D eigenvalue weighted by Gasteiger charge is -2.27. The predicted molar refractivity (Wildman–Crippen MR) is 138 cm³/mol. The summed E-state index contributed by atoms with van der Waals surface area (Å²) in [4.78, 5) is 24.2. The van der Waals surface area contributed by atoms with E-state index in [-0.39, 0.29) is 5.56 Å². The van der Waals surface area contributed by atoms with Gasteiger partial charge in [0.25, 0.3) is 30.4 Å². The molecule has 0 radical (unpaired) electrons. The number of rotatable bonds is 5. The van der Waals surface area contributed by atoms with Crippen LogP contribution in [0, 0.1) is 6.92 Å². The van der Waals surface area contributed by atoms with Gasteiger partial charge < -0.3 is 16.8 Å². The van der Waals surface area contributed by atoms with Gasteiger partial charge in [-0.25, -0.2) is 0 Å². The first-order valence-corrected chi connectivity index (χ1v) is 14.9. The van der Waals surface area contributed by atoms with Crippen LogP contribution >= 0.6 is 0 Å². The summed E-state index contributed by atoms with van der Waals surface area (Å²) in [5.41, 5.74) is 6.90. The highest BCUT2D eigenvalue weighted by atomic mass is 32.2. The molecule has 0 amide bonds. The van der Waals surface area contributed by atoms with E-state index in [9.17, 15) is 48.5 Å². The van der Waals surface area contributed by atoms with Crippen LogP contribution in [0.4, 0.5) is 17.1 Å². The maximum Gasteiger partial charge on any atom is 0.298 e. The predicted octanol–water partition coefficient (Wildman–Crippen LogP) is 1.38. The first-order valence-electron chi connectivity index (χ1n) is 10.5. The summed E-state index contributed by atoms with van der Waals surface area (Å²) < 4.78 is 102. The number of carbonyl (C=O) groups is 2. The number of benzene rings is 3. The van der Waals surface area contributed by atoms with Crippen LogP contribution in [-0.2, 0) is 30.4 Å². The van der Waals surface area contributed by atoms with Crippen molar-refractivity contribution in [2.75, 3.05) is 23.8 Å². The van der Waals surface area contributed by atoms with E-state index >= 15 is 0 Å². The second-order valence-electron chi connectivity index (χ2n) is 8.46. The molecule has 39 heavy (non-hydrogen) atoms. The minimum atomic E-state index is -5.29. The topological polar surface area (TPSA) is 261 Å². The van der Waals surface area contributed by atoms with Gasteiger partial charge in [-0.05, 0) is 42.3 Å². The van der Waals surface area contributed by atoms with E-state index in [1.165, 1.54) is 19.1 Å². The Hall–Kier alpha value is -3.87. The zero-order valence-electron chi connectivity index (χ0n) is 19.9. The second kappa shape index (κ2) is 8.83. The second-order valence-corrected chi connectivity index (χ2v) is 12.6.